The highest BCUT2D eigenvalue weighted by Gasteiger charge is 2.22. The Labute approximate surface area is 119 Å². The highest BCUT2D eigenvalue weighted by molar-refractivity contribution is 5.79. The quantitative estimate of drug-likeness (QED) is 0.592. The van der Waals surface area contributed by atoms with Crippen molar-refractivity contribution >= 4 is 5.96 Å². The standard InChI is InChI=1S/C15H32N4/c1-12(2)10-17-15(16-5)18-11-14(4)19-9-7-6-8-13(19)3/h12-14H,6-11H2,1-5H3,(H2,16,17,18). The molecule has 0 aromatic rings. The molecule has 4 heteroatoms. The first-order valence-corrected chi connectivity index (χ1v) is 7.74. The van der Waals surface area contributed by atoms with E-state index < -0.39 is 0 Å². The zero-order chi connectivity index (χ0) is 14.3. The number of aliphatic imine (C=N–C) groups is 1. The van der Waals surface area contributed by atoms with E-state index in [2.05, 4.69) is 48.2 Å². The maximum Gasteiger partial charge on any atom is 0.191 e. The summed E-state index contributed by atoms with van der Waals surface area (Å²) in [6.45, 7) is 12.2. The van der Waals surface area contributed by atoms with Crippen molar-refractivity contribution in [3.63, 3.8) is 0 Å². The van der Waals surface area contributed by atoms with Gasteiger partial charge in [-0.3, -0.25) is 9.89 Å². The van der Waals surface area contributed by atoms with Gasteiger partial charge in [0.2, 0.25) is 0 Å². The third kappa shape index (κ3) is 5.81. The molecule has 0 aliphatic carbocycles. The fourth-order valence-corrected chi connectivity index (χ4v) is 2.66. The van der Waals surface area contributed by atoms with Gasteiger partial charge in [-0.15, -0.1) is 0 Å². The zero-order valence-corrected chi connectivity index (χ0v) is 13.4. The lowest BCUT2D eigenvalue weighted by Gasteiger charge is -2.38. The van der Waals surface area contributed by atoms with Crippen LogP contribution in [0.15, 0.2) is 4.99 Å². The number of guanidine groups is 1. The molecule has 4 nitrogen and oxygen atoms in total. The fourth-order valence-electron chi connectivity index (χ4n) is 2.66. The van der Waals surface area contributed by atoms with Crippen LogP contribution in [0.1, 0.15) is 47.0 Å². The molecule has 112 valence electrons. The van der Waals surface area contributed by atoms with E-state index in [0.29, 0.717) is 12.0 Å². The summed E-state index contributed by atoms with van der Waals surface area (Å²) < 4.78 is 0. The minimum absolute atomic E-state index is 0.563. The molecule has 0 aromatic heterocycles. The van der Waals surface area contributed by atoms with Gasteiger partial charge in [0.25, 0.3) is 0 Å². The van der Waals surface area contributed by atoms with Crippen molar-refractivity contribution in [3.8, 4) is 0 Å². The predicted octanol–water partition coefficient (Wildman–Crippen LogP) is 2.07. The Morgan fingerprint density at radius 2 is 1.89 bits per heavy atom. The highest BCUT2D eigenvalue weighted by atomic mass is 15.2. The van der Waals surface area contributed by atoms with E-state index in [1.54, 1.807) is 0 Å². The summed E-state index contributed by atoms with van der Waals surface area (Å²) in [6.07, 6.45) is 4.06. The lowest BCUT2D eigenvalue weighted by Crippen LogP contribution is -2.50. The van der Waals surface area contributed by atoms with Crippen LogP contribution in [-0.2, 0) is 0 Å². The molecule has 19 heavy (non-hydrogen) atoms. The molecule has 1 heterocycles. The van der Waals surface area contributed by atoms with Gasteiger partial charge in [-0.25, -0.2) is 0 Å². The van der Waals surface area contributed by atoms with E-state index in [1.807, 2.05) is 7.05 Å². The Hall–Kier alpha value is -0.770. The van der Waals surface area contributed by atoms with Crippen molar-refractivity contribution in [2.75, 3.05) is 26.7 Å². The average Bonchev–Trinajstić information content (AvgIpc) is 2.39. The van der Waals surface area contributed by atoms with Crippen molar-refractivity contribution < 1.29 is 0 Å². The van der Waals surface area contributed by atoms with Crippen LogP contribution in [0, 0.1) is 5.92 Å². The van der Waals surface area contributed by atoms with E-state index in [4.69, 9.17) is 0 Å². The molecule has 2 unspecified atom stereocenters. The molecule has 1 aliphatic heterocycles. The van der Waals surface area contributed by atoms with Gasteiger partial charge in [-0.05, 0) is 39.2 Å². The second kappa shape index (κ2) is 8.41. The first-order valence-electron chi connectivity index (χ1n) is 7.74. The second-order valence-corrected chi connectivity index (χ2v) is 6.16. The smallest absolute Gasteiger partial charge is 0.191 e. The summed E-state index contributed by atoms with van der Waals surface area (Å²) in [5.41, 5.74) is 0. The Balaban J connectivity index is 2.33. The molecule has 2 N–H and O–H groups in total. The van der Waals surface area contributed by atoms with Crippen LogP contribution < -0.4 is 10.6 Å². The lowest BCUT2D eigenvalue weighted by atomic mass is 10.0. The number of rotatable bonds is 5. The van der Waals surface area contributed by atoms with E-state index >= 15 is 0 Å². The SMILES string of the molecule is CN=C(NCC(C)C)NCC(C)N1CCCCC1C. The normalized spacial score (nSPS) is 23.5. The van der Waals surface area contributed by atoms with Crippen molar-refractivity contribution in [2.24, 2.45) is 10.9 Å². The molecule has 0 aromatic carbocycles. The van der Waals surface area contributed by atoms with Gasteiger partial charge in [-0.1, -0.05) is 20.3 Å². The average molecular weight is 268 g/mol. The maximum atomic E-state index is 4.27. The molecular formula is C15H32N4. The van der Waals surface area contributed by atoms with Gasteiger partial charge in [0.1, 0.15) is 0 Å². The summed E-state index contributed by atoms with van der Waals surface area (Å²) in [5, 5.41) is 6.80. The molecule has 1 fully saturated rings. The van der Waals surface area contributed by atoms with Gasteiger partial charge in [-0.2, -0.15) is 0 Å². The van der Waals surface area contributed by atoms with Crippen molar-refractivity contribution in [3.05, 3.63) is 0 Å². The third-order valence-electron chi connectivity index (χ3n) is 3.89. The van der Waals surface area contributed by atoms with Gasteiger partial charge in [0.05, 0.1) is 0 Å². The molecule has 0 saturated carbocycles. The van der Waals surface area contributed by atoms with Crippen molar-refractivity contribution in [1.82, 2.24) is 15.5 Å². The number of nitrogens with zero attached hydrogens (tertiary/aromatic N) is 2. The highest BCUT2D eigenvalue weighted by Crippen LogP contribution is 2.18. The molecule has 1 saturated heterocycles. The van der Waals surface area contributed by atoms with Gasteiger partial charge < -0.3 is 10.6 Å². The number of hydrogen-bond donors (Lipinski definition) is 2. The summed E-state index contributed by atoms with van der Waals surface area (Å²) in [5.74, 6) is 1.56. The molecule has 0 amide bonds. The second-order valence-electron chi connectivity index (χ2n) is 6.16. The summed E-state index contributed by atoms with van der Waals surface area (Å²) >= 11 is 0. The van der Waals surface area contributed by atoms with E-state index in [1.165, 1.54) is 25.8 Å². The number of nitrogens with one attached hydrogen (secondary N) is 2. The van der Waals surface area contributed by atoms with Crippen LogP contribution in [0.5, 0.6) is 0 Å². The lowest BCUT2D eigenvalue weighted by molar-refractivity contribution is 0.115. The molecule has 0 bridgehead atoms. The van der Waals surface area contributed by atoms with Crippen LogP contribution >= 0.6 is 0 Å². The Morgan fingerprint density at radius 3 is 2.47 bits per heavy atom. The van der Waals surface area contributed by atoms with Crippen LogP contribution in [0.4, 0.5) is 0 Å². The first-order chi connectivity index (χ1) is 9.04. The Kier molecular flexibility index (Phi) is 7.21. The molecule has 0 radical (unpaired) electrons. The predicted molar refractivity (Wildman–Crippen MR) is 83.7 cm³/mol. The third-order valence-corrected chi connectivity index (χ3v) is 3.89. The molecule has 2 atom stereocenters. The zero-order valence-electron chi connectivity index (χ0n) is 13.4. The minimum atomic E-state index is 0.563. The van der Waals surface area contributed by atoms with E-state index in [0.717, 1.165) is 25.1 Å². The number of piperidine rings is 1. The maximum absolute atomic E-state index is 4.27. The van der Waals surface area contributed by atoms with Crippen LogP contribution in [0.2, 0.25) is 0 Å². The van der Waals surface area contributed by atoms with Gasteiger partial charge in [0.15, 0.2) is 5.96 Å². The first kappa shape index (κ1) is 16.3. The molecular weight excluding hydrogens is 236 g/mol. The van der Waals surface area contributed by atoms with Gasteiger partial charge in [0, 0.05) is 32.2 Å². The summed E-state index contributed by atoms with van der Waals surface area (Å²) in [4.78, 5) is 6.89. The van der Waals surface area contributed by atoms with Gasteiger partial charge >= 0.3 is 0 Å². The largest absolute Gasteiger partial charge is 0.356 e. The summed E-state index contributed by atoms with van der Waals surface area (Å²) in [7, 11) is 1.84. The van der Waals surface area contributed by atoms with Crippen LogP contribution in [0.3, 0.4) is 0 Å². The molecule has 0 spiro atoms. The number of hydrogen-bond acceptors (Lipinski definition) is 2. The molecule has 1 rings (SSSR count). The van der Waals surface area contributed by atoms with Crippen molar-refractivity contribution in [1.29, 1.82) is 0 Å². The van der Waals surface area contributed by atoms with E-state index in [9.17, 15) is 0 Å². The summed E-state index contributed by atoms with van der Waals surface area (Å²) in [6, 6.07) is 1.28. The fraction of sp³-hybridized carbons (Fsp3) is 0.933. The Bertz CT molecular complexity index is 275. The van der Waals surface area contributed by atoms with Crippen LogP contribution in [-0.4, -0.2) is 49.6 Å². The molecule has 1 aliphatic rings. The van der Waals surface area contributed by atoms with Crippen molar-refractivity contribution in [2.45, 2.75) is 59.0 Å². The number of likely N-dealkylation sites (tertiary alicyclic amines) is 1. The minimum Gasteiger partial charge on any atom is -0.356 e. The Morgan fingerprint density at radius 1 is 1.21 bits per heavy atom. The van der Waals surface area contributed by atoms with Crippen LogP contribution in [0.25, 0.3) is 0 Å². The topological polar surface area (TPSA) is 39.7 Å². The monoisotopic (exact) mass is 268 g/mol. The van der Waals surface area contributed by atoms with E-state index in [-0.39, 0.29) is 0 Å².